The van der Waals surface area contributed by atoms with E-state index in [-0.39, 0.29) is 6.10 Å². The first-order valence-electron chi connectivity index (χ1n) is 5.05. The van der Waals surface area contributed by atoms with E-state index in [2.05, 4.69) is 17.1 Å². The molecule has 74 valence electrons. The number of benzene rings is 1. The number of hydrogen-bond acceptors (Lipinski definition) is 2. The van der Waals surface area contributed by atoms with Crippen LogP contribution in [0.1, 0.15) is 25.0 Å². The van der Waals surface area contributed by atoms with E-state index >= 15 is 0 Å². The highest BCUT2D eigenvalue weighted by Crippen LogP contribution is 2.20. The summed E-state index contributed by atoms with van der Waals surface area (Å²) < 4.78 is 5.64. The van der Waals surface area contributed by atoms with E-state index in [1.165, 1.54) is 11.1 Å². The molecule has 0 unspecified atom stereocenters. The first-order valence-corrected chi connectivity index (χ1v) is 5.05. The lowest BCUT2D eigenvalue weighted by atomic mass is 10.0. The van der Waals surface area contributed by atoms with Crippen molar-refractivity contribution in [2.75, 3.05) is 6.54 Å². The molecule has 0 fully saturated rings. The summed E-state index contributed by atoms with van der Waals surface area (Å²) in [4.78, 5) is 4.24. The van der Waals surface area contributed by atoms with Gasteiger partial charge in [0.25, 0.3) is 0 Å². The Kier molecular flexibility index (Phi) is 2.53. The fraction of sp³-hybridized carbons (Fsp3) is 0.417. The van der Waals surface area contributed by atoms with Gasteiger partial charge >= 0.3 is 0 Å². The second-order valence-corrected chi connectivity index (χ2v) is 3.81. The second-order valence-electron chi connectivity index (χ2n) is 3.81. The van der Waals surface area contributed by atoms with Crippen molar-refractivity contribution in [3.8, 4) is 5.75 Å². The second kappa shape index (κ2) is 3.82. The van der Waals surface area contributed by atoms with E-state index in [1.54, 1.807) is 0 Å². The van der Waals surface area contributed by atoms with Gasteiger partial charge in [0.1, 0.15) is 5.75 Å². The molecule has 1 heterocycles. The molecule has 0 bridgehead atoms. The lowest BCUT2D eigenvalue weighted by Crippen LogP contribution is -2.08. The first-order chi connectivity index (χ1) is 6.75. The zero-order chi connectivity index (χ0) is 9.97. The van der Waals surface area contributed by atoms with Crippen LogP contribution < -0.4 is 4.74 Å². The van der Waals surface area contributed by atoms with Crippen molar-refractivity contribution in [3.05, 3.63) is 29.3 Å². The Labute approximate surface area is 84.6 Å². The Bertz CT molecular complexity index is 355. The van der Waals surface area contributed by atoms with Crippen molar-refractivity contribution in [1.29, 1.82) is 0 Å². The molecule has 1 aliphatic heterocycles. The maximum absolute atomic E-state index is 5.64. The maximum Gasteiger partial charge on any atom is 0.120 e. The van der Waals surface area contributed by atoms with Crippen molar-refractivity contribution in [3.63, 3.8) is 0 Å². The van der Waals surface area contributed by atoms with Crippen LogP contribution in [0.5, 0.6) is 5.75 Å². The maximum atomic E-state index is 5.64. The van der Waals surface area contributed by atoms with Gasteiger partial charge in [0.05, 0.1) is 6.10 Å². The lowest BCUT2D eigenvalue weighted by molar-refractivity contribution is 0.242. The van der Waals surface area contributed by atoms with Gasteiger partial charge < -0.3 is 4.74 Å². The SMILES string of the molecule is CC(C)Oc1ccc2c(c1)CCN=C2. The third-order valence-electron chi connectivity index (χ3n) is 2.23. The van der Waals surface area contributed by atoms with Gasteiger partial charge in [-0.1, -0.05) is 0 Å². The van der Waals surface area contributed by atoms with E-state index in [0.29, 0.717) is 0 Å². The van der Waals surface area contributed by atoms with Crippen molar-refractivity contribution in [2.24, 2.45) is 4.99 Å². The Morgan fingerprint density at radius 1 is 1.36 bits per heavy atom. The predicted molar refractivity (Wildman–Crippen MR) is 58.4 cm³/mol. The average molecular weight is 189 g/mol. The topological polar surface area (TPSA) is 21.6 Å². The number of nitrogens with zero attached hydrogens (tertiary/aromatic N) is 1. The van der Waals surface area contributed by atoms with Crippen LogP contribution in [0.25, 0.3) is 0 Å². The van der Waals surface area contributed by atoms with Gasteiger partial charge in [0.15, 0.2) is 0 Å². The summed E-state index contributed by atoms with van der Waals surface area (Å²) in [6.45, 7) is 4.99. The zero-order valence-corrected chi connectivity index (χ0v) is 8.66. The molecular formula is C12H15NO. The standard InChI is InChI=1S/C12H15NO/c1-9(2)14-12-4-3-11-8-13-6-5-10(11)7-12/h3-4,7-9H,5-6H2,1-2H3. The molecule has 0 amide bonds. The predicted octanol–water partition coefficient (Wildman–Crippen LogP) is 2.45. The van der Waals surface area contributed by atoms with Crippen molar-refractivity contribution < 1.29 is 4.74 Å². The summed E-state index contributed by atoms with van der Waals surface area (Å²) in [5.41, 5.74) is 2.57. The normalized spacial score (nSPS) is 14.2. The van der Waals surface area contributed by atoms with Gasteiger partial charge in [-0.15, -0.1) is 0 Å². The van der Waals surface area contributed by atoms with Crippen LogP contribution in [0.4, 0.5) is 0 Å². The molecule has 2 nitrogen and oxygen atoms in total. The number of ether oxygens (including phenoxy) is 1. The van der Waals surface area contributed by atoms with Crippen molar-refractivity contribution in [1.82, 2.24) is 0 Å². The third-order valence-corrected chi connectivity index (χ3v) is 2.23. The average Bonchev–Trinajstić information content (AvgIpc) is 2.17. The van der Waals surface area contributed by atoms with Crippen LogP contribution in [-0.4, -0.2) is 18.9 Å². The smallest absolute Gasteiger partial charge is 0.120 e. The molecule has 0 N–H and O–H groups in total. The lowest BCUT2D eigenvalue weighted by Gasteiger charge is -2.14. The molecule has 14 heavy (non-hydrogen) atoms. The van der Waals surface area contributed by atoms with Crippen molar-refractivity contribution >= 4 is 6.21 Å². The Hall–Kier alpha value is -1.31. The molecule has 0 saturated carbocycles. The summed E-state index contributed by atoms with van der Waals surface area (Å²) in [6.07, 6.45) is 3.21. The molecule has 0 spiro atoms. The van der Waals surface area contributed by atoms with Gasteiger partial charge in [0.2, 0.25) is 0 Å². The van der Waals surface area contributed by atoms with Gasteiger partial charge in [-0.2, -0.15) is 0 Å². The molecular weight excluding hydrogens is 174 g/mol. The third kappa shape index (κ3) is 1.95. The summed E-state index contributed by atoms with van der Waals surface area (Å²) in [5.74, 6) is 0.967. The van der Waals surface area contributed by atoms with Crippen LogP contribution >= 0.6 is 0 Å². The van der Waals surface area contributed by atoms with E-state index in [0.717, 1.165) is 18.7 Å². The summed E-state index contributed by atoms with van der Waals surface area (Å²) in [5, 5.41) is 0. The summed E-state index contributed by atoms with van der Waals surface area (Å²) in [6, 6.07) is 6.21. The number of fused-ring (bicyclic) bond motifs is 1. The van der Waals surface area contributed by atoms with Crippen molar-refractivity contribution in [2.45, 2.75) is 26.4 Å². The molecule has 2 heteroatoms. The molecule has 1 aromatic rings. The van der Waals surface area contributed by atoms with Crippen LogP contribution in [0, 0.1) is 0 Å². The van der Waals surface area contributed by atoms with Crippen LogP contribution in [0.2, 0.25) is 0 Å². The number of aliphatic imine (C=N–C) groups is 1. The van der Waals surface area contributed by atoms with E-state index in [1.807, 2.05) is 26.1 Å². The molecule has 2 rings (SSSR count). The van der Waals surface area contributed by atoms with E-state index < -0.39 is 0 Å². The minimum atomic E-state index is 0.241. The molecule has 1 aliphatic rings. The van der Waals surface area contributed by atoms with Gasteiger partial charge in [-0.3, -0.25) is 4.99 Å². The highest BCUT2D eigenvalue weighted by Gasteiger charge is 2.06. The minimum Gasteiger partial charge on any atom is -0.491 e. The van der Waals surface area contributed by atoms with Crippen LogP contribution in [0.15, 0.2) is 23.2 Å². The van der Waals surface area contributed by atoms with Gasteiger partial charge in [-0.05, 0) is 49.6 Å². The summed E-state index contributed by atoms with van der Waals surface area (Å²) >= 11 is 0. The Balaban J connectivity index is 2.25. The van der Waals surface area contributed by atoms with Crippen LogP contribution in [0.3, 0.4) is 0 Å². The molecule has 0 atom stereocenters. The molecule has 0 aliphatic carbocycles. The van der Waals surface area contributed by atoms with Crippen LogP contribution in [-0.2, 0) is 6.42 Å². The largest absolute Gasteiger partial charge is 0.491 e. The first kappa shape index (κ1) is 9.25. The number of hydrogen-bond donors (Lipinski definition) is 0. The zero-order valence-electron chi connectivity index (χ0n) is 8.66. The highest BCUT2D eigenvalue weighted by atomic mass is 16.5. The molecule has 0 aromatic heterocycles. The Morgan fingerprint density at radius 3 is 3.00 bits per heavy atom. The fourth-order valence-electron chi connectivity index (χ4n) is 1.62. The Morgan fingerprint density at radius 2 is 2.21 bits per heavy atom. The highest BCUT2D eigenvalue weighted by molar-refractivity contribution is 5.83. The molecule has 0 radical (unpaired) electrons. The minimum absolute atomic E-state index is 0.241. The monoisotopic (exact) mass is 189 g/mol. The van der Waals surface area contributed by atoms with E-state index in [9.17, 15) is 0 Å². The fourth-order valence-corrected chi connectivity index (χ4v) is 1.62. The number of rotatable bonds is 2. The van der Waals surface area contributed by atoms with Gasteiger partial charge in [-0.25, -0.2) is 0 Å². The summed E-state index contributed by atoms with van der Waals surface area (Å²) in [7, 11) is 0. The molecule has 1 aromatic carbocycles. The van der Waals surface area contributed by atoms with Gasteiger partial charge in [0, 0.05) is 12.8 Å². The molecule has 0 saturated heterocycles. The quantitative estimate of drug-likeness (QED) is 0.700. The van der Waals surface area contributed by atoms with E-state index in [4.69, 9.17) is 4.74 Å².